The zero-order valence-corrected chi connectivity index (χ0v) is 12.0. The molecule has 0 spiro atoms. The van der Waals surface area contributed by atoms with Crippen molar-refractivity contribution in [1.29, 1.82) is 0 Å². The number of halogens is 1. The van der Waals surface area contributed by atoms with Gasteiger partial charge in [-0.15, -0.1) is 0 Å². The first-order valence-electron chi connectivity index (χ1n) is 6.68. The molecule has 5 heteroatoms. The van der Waals surface area contributed by atoms with Crippen molar-refractivity contribution < 1.29 is 10.2 Å². The van der Waals surface area contributed by atoms with Gasteiger partial charge in [0.25, 0.3) is 0 Å². The van der Waals surface area contributed by atoms with Crippen LogP contribution >= 0.6 is 11.6 Å². The Labute approximate surface area is 119 Å². The Morgan fingerprint density at radius 2 is 2.05 bits per heavy atom. The zero-order valence-electron chi connectivity index (χ0n) is 11.2. The summed E-state index contributed by atoms with van der Waals surface area (Å²) >= 11 is 6.04. The number of aliphatic hydroxyl groups excluding tert-OH is 1. The minimum atomic E-state index is -0.673. The predicted octanol–water partition coefficient (Wildman–Crippen LogP) is 1.68. The Kier molecular flexibility index (Phi) is 5.05. The number of phenols is 1. The molecule has 1 aliphatic heterocycles. The summed E-state index contributed by atoms with van der Waals surface area (Å²) in [5.74, 6) is 0.120. The second-order valence-corrected chi connectivity index (χ2v) is 5.46. The van der Waals surface area contributed by atoms with Crippen molar-refractivity contribution >= 4 is 11.6 Å². The molecule has 1 fully saturated rings. The van der Waals surface area contributed by atoms with Crippen molar-refractivity contribution in [2.24, 2.45) is 0 Å². The van der Waals surface area contributed by atoms with Crippen LogP contribution in [0.3, 0.4) is 0 Å². The molecule has 1 aromatic rings. The van der Waals surface area contributed by atoms with Crippen LogP contribution in [0.2, 0.25) is 5.02 Å². The SMILES string of the molecule is Cc1cc(O)c(C(O)CCN2CCNCC2)cc1Cl. The van der Waals surface area contributed by atoms with Crippen LogP contribution in [0.4, 0.5) is 0 Å². The van der Waals surface area contributed by atoms with E-state index in [0.717, 1.165) is 38.3 Å². The molecule has 0 saturated carbocycles. The van der Waals surface area contributed by atoms with Crippen molar-refractivity contribution in [2.45, 2.75) is 19.4 Å². The molecular formula is C14H21ClN2O2. The largest absolute Gasteiger partial charge is 0.508 e. The number of nitrogens with one attached hydrogen (secondary N) is 1. The molecule has 0 aliphatic carbocycles. The molecule has 4 nitrogen and oxygen atoms in total. The number of aryl methyl sites for hydroxylation is 1. The van der Waals surface area contributed by atoms with Crippen LogP contribution in [-0.2, 0) is 0 Å². The number of aromatic hydroxyl groups is 1. The van der Waals surface area contributed by atoms with Gasteiger partial charge in [0.15, 0.2) is 0 Å². The third kappa shape index (κ3) is 3.83. The zero-order chi connectivity index (χ0) is 13.8. The Morgan fingerprint density at radius 3 is 2.74 bits per heavy atom. The lowest BCUT2D eigenvalue weighted by atomic mass is 10.0. The Bertz CT molecular complexity index is 434. The van der Waals surface area contributed by atoms with Gasteiger partial charge in [-0.1, -0.05) is 11.6 Å². The van der Waals surface area contributed by atoms with Crippen LogP contribution in [0.5, 0.6) is 5.75 Å². The van der Waals surface area contributed by atoms with E-state index >= 15 is 0 Å². The average Bonchev–Trinajstić information content (AvgIpc) is 2.41. The first kappa shape index (κ1) is 14.6. The minimum absolute atomic E-state index is 0.120. The Hall–Kier alpha value is -0.810. The fourth-order valence-corrected chi connectivity index (χ4v) is 2.52. The van der Waals surface area contributed by atoms with Gasteiger partial charge in [0.05, 0.1) is 6.10 Å². The minimum Gasteiger partial charge on any atom is -0.508 e. The molecule has 1 heterocycles. The lowest BCUT2D eigenvalue weighted by Crippen LogP contribution is -2.44. The normalized spacial score (nSPS) is 18.5. The third-order valence-electron chi connectivity index (χ3n) is 3.60. The van der Waals surface area contributed by atoms with Crippen molar-refractivity contribution in [3.63, 3.8) is 0 Å². The van der Waals surface area contributed by atoms with Crippen LogP contribution < -0.4 is 5.32 Å². The molecule has 1 aromatic carbocycles. The number of nitrogens with zero attached hydrogens (tertiary/aromatic N) is 1. The van der Waals surface area contributed by atoms with Crippen LogP contribution in [0, 0.1) is 6.92 Å². The summed E-state index contributed by atoms with van der Waals surface area (Å²) in [6.07, 6.45) is -0.0690. The molecule has 2 rings (SSSR count). The highest BCUT2D eigenvalue weighted by Gasteiger charge is 2.16. The number of phenolic OH excluding ortho intramolecular Hbond substituents is 1. The number of aliphatic hydroxyl groups is 1. The molecule has 0 radical (unpaired) electrons. The summed E-state index contributed by atoms with van der Waals surface area (Å²) in [6, 6.07) is 3.26. The van der Waals surface area contributed by atoms with E-state index in [1.54, 1.807) is 12.1 Å². The standard InChI is InChI=1S/C14H21ClN2O2/c1-10-8-14(19)11(9-12(10)15)13(18)2-5-17-6-3-16-4-7-17/h8-9,13,16,18-19H,2-7H2,1H3. The maximum Gasteiger partial charge on any atom is 0.121 e. The predicted molar refractivity (Wildman–Crippen MR) is 76.7 cm³/mol. The molecule has 0 aromatic heterocycles. The second-order valence-electron chi connectivity index (χ2n) is 5.06. The molecule has 19 heavy (non-hydrogen) atoms. The smallest absolute Gasteiger partial charge is 0.121 e. The summed E-state index contributed by atoms with van der Waals surface area (Å²) in [6.45, 7) is 6.67. The third-order valence-corrected chi connectivity index (χ3v) is 4.00. The lowest BCUT2D eigenvalue weighted by Gasteiger charge is -2.28. The molecule has 106 valence electrons. The maximum absolute atomic E-state index is 10.2. The summed E-state index contributed by atoms with van der Waals surface area (Å²) in [7, 11) is 0. The number of piperazine rings is 1. The summed E-state index contributed by atoms with van der Waals surface area (Å²) in [5.41, 5.74) is 1.34. The van der Waals surface area contributed by atoms with Crippen molar-refractivity contribution in [2.75, 3.05) is 32.7 Å². The summed E-state index contributed by atoms with van der Waals surface area (Å²) in [5, 5.41) is 23.9. The van der Waals surface area contributed by atoms with Crippen LogP contribution in [-0.4, -0.2) is 47.8 Å². The van der Waals surface area contributed by atoms with Gasteiger partial charge in [0, 0.05) is 43.3 Å². The van der Waals surface area contributed by atoms with Crippen LogP contribution in [0.1, 0.15) is 23.7 Å². The molecule has 0 amide bonds. The van der Waals surface area contributed by atoms with E-state index in [0.29, 0.717) is 17.0 Å². The molecular weight excluding hydrogens is 264 g/mol. The lowest BCUT2D eigenvalue weighted by molar-refractivity contribution is 0.134. The van der Waals surface area contributed by atoms with E-state index in [1.807, 2.05) is 6.92 Å². The average molecular weight is 285 g/mol. The number of hydrogen-bond donors (Lipinski definition) is 3. The summed E-state index contributed by atoms with van der Waals surface area (Å²) < 4.78 is 0. The van der Waals surface area contributed by atoms with Crippen LogP contribution in [0.15, 0.2) is 12.1 Å². The Morgan fingerprint density at radius 1 is 1.37 bits per heavy atom. The van der Waals surface area contributed by atoms with Gasteiger partial charge in [-0.25, -0.2) is 0 Å². The number of hydrogen-bond acceptors (Lipinski definition) is 4. The topological polar surface area (TPSA) is 55.7 Å². The fourth-order valence-electron chi connectivity index (χ4n) is 2.34. The van der Waals surface area contributed by atoms with E-state index < -0.39 is 6.10 Å². The quantitative estimate of drug-likeness (QED) is 0.787. The molecule has 1 unspecified atom stereocenters. The summed E-state index contributed by atoms with van der Waals surface area (Å²) in [4.78, 5) is 2.31. The number of rotatable bonds is 4. The molecule has 1 atom stereocenters. The van der Waals surface area contributed by atoms with Crippen LogP contribution in [0.25, 0.3) is 0 Å². The van der Waals surface area contributed by atoms with Gasteiger partial charge in [-0.2, -0.15) is 0 Å². The molecule has 3 N–H and O–H groups in total. The van der Waals surface area contributed by atoms with E-state index in [-0.39, 0.29) is 5.75 Å². The van der Waals surface area contributed by atoms with Gasteiger partial charge in [0.1, 0.15) is 5.75 Å². The van der Waals surface area contributed by atoms with Crippen molar-refractivity contribution in [1.82, 2.24) is 10.2 Å². The second kappa shape index (κ2) is 6.57. The first-order valence-corrected chi connectivity index (χ1v) is 7.06. The highest BCUT2D eigenvalue weighted by atomic mass is 35.5. The van der Waals surface area contributed by atoms with Crippen molar-refractivity contribution in [3.8, 4) is 5.75 Å². The molecule has 1 aliphatic rings. The van der Waals surface area contributed by atoms with Gasteiger partial charge in [0.2, 0.25) is 0 Å². The van der Waals surface area contributed by atoms with Gasteiger partial charge < -0.3 is 20.4 Å². The Balaban J connectivity index is 1.95. The van der Waals surface area contributed by atoms with E-state index in [4.69, 9.17) is 11.6 Å². The molecule has 0 bridgehead atoms. The highest BCUT2D eigenvalue weighted by molar-refractivity contribution is 6.31. The first-order chi connectivity index (χ1) is 9.08. The monoisotopic (exact) mass is 284 g/mol. The van der Waals surface area contributed by atoms with Crippen molar-refractivity contribution in [3.05, 3.63) is 28.3 Å². The fraction of sp³-hybridized carbons (Fsp3) is 0.571. The number of benzene rings is 1. The molecule has 1 saturated heterocycles. The van der Waals surface area contributed by atoms with Gasteiger partial charge in [-0.05, 0) is 31.0 Å². The van der Waals surface area contributed by atoms with E-state index in [1.165, 1.54) is 0 Å². The highest BCUT2D eigenvalue weighted by Crippen LogP contribution is 2.31. The van der Waals surface area contributed by atoms with E-state index in [9.17, 15) is 10.2 Å². The van der Waals surface area contributed by atoms with Gasteiger partial charge in [-0.3, -0.25) is 0 Å². The van der Waals surface area contributed by atoms with E-state index in [2.05, 4.69) is 10.2 Å². The maximum atomic E-state index is 10.2. The van der Waals surface area contributed by atoms with Gasteiger partial charge >= 0.3 is 0 Å².